The number of amides is 1. The molecule has 0 aliphatic carbocycles. The number of ether oxygens (including phenoxy) is 1. The van der Waals surface area contributed by atoms with Gasteiger partial charge in [0.1, 0.15) is 0 Å². The highest BCUT2D eigenvalue weighted by Crippen LogP contribution is 2.36. The van der Waals surface area contributed by atoms with Gasteiger partial charge in [0.15, 0.2) is 5.75 Å². The third-order valence-electron chi connectivity index (χ3n) is 5.43. The Morgan fingerprint density at radius 3 is 2.25 bits per heavy atom. The number of esters is 1. The Morgan fingerprint density at radius 2 is 1.56 bits per heavy atom. The van der Waals surface area contributed by atoms with Crippen LogP contribution in [-0.4, -0.2) is 24.8 Å². The number of hydrogen-bond donors (Lipinski definition) is 1. The van der Waals surface area contributed by atoms with E-state index in [1.54, 1.807) is 4.90 Å². The monoisotopic (exact) mass is 543 g/mol. The second kappa shape index (κ2) is 10.7. The lowest BCUT2D eigenvalue weighted by molar-refractivity contribution is -0.134. The number of benzene rings is 3. The molecule has 10 heteroatoms. The second-order valence-electron chi connectivity index (χ2n) is 7.92. The molecule has 0 fully saturated rings. The maximum Gasteiger partial charge on any atom is 0.311 e. The van der Waals surface area contributed by atoms with Gasteiger partial charge >= 0.3 is 5.97 Å². The van der Waals surface area contributed by atoms with E-state index in [1.165, 1.54) is 0 Å². The van der Waals surface area contributed by atoms with Crippen molar-refractivity contribution in [3.63, 3.8) is 0 Å². The lowest BCUT2D eigenvalue weighted by Gasteiger charge is -2.26. The van der Waals surface area contributed by atoms with Crippen molar-refractivity contribution >= 4 is 50.9 Å². The lowest BCUT2D eigenvalue weighted by atomic mass is 10.0. The smallest absolute Gasteiger partial charge is 0.311 e. The van der Waals surface area contributed by atoms with E-state index in [2.05, 4.69) is 11.8 Å². The molecule has 0 radical (unpaired) electrons. The van der Waals surface area contributed by atoms with Crippen LogP contribution in [0.1, 0.15) is 36.0 Å². The van der Waals surface area contributed by atoms with Gasteiger partial charge in [-0.15, -0.1) is 0 Å². The zero-order valence-corrected chi connectivity index (χ0v) is 21.0. The van der Waals surface area contributed by atoms with Gasteiger partial charge in [0.2, 0.25) is 5.91 Å². The number of carbonyl (C=O) groups is 2. The summed E-state index contributed by atoms with van der Waals surface area (Å²) in [7, 11) is -4.53. The van der Waals surface area contributed by atoms with E-state index >= 15 is 0 Å². The van der Waals surface area contributed by atoms with E-state index in [0.29, 0.717) is 12.2 Å². The van der Waals surface area contributed by atoms with Crippen molar-refractivity contribution in [1.82, 2.24) is 0 Å². The standard InChI is InChI=1S/C26H19Cl2NO6S/c27-21-14-20(36(32,33)34)15-22(28)26(21)35-25(31)11-5-10-24(30)29-16-19-8-2-1-6-17(19)12-13-18-7-3-4-9-23(18)29/h1-4,6-9,14-15H,5,10-11,16H2,(H,32,33,34). The summed E-state index contributed by atoms with van der Waals surface area (Å²) in [6, 6.07) is 16.9. The predicted octanol–water partition coefficient (Wildman–Crippen LogP) is 5.26. The highest BCUT2D eigenvalue weighted by atomic mass is 35.5. The molecule has 1 aliphatic rings. The van der Waals surface area contributed by atoms with Crippen LogP contribution in [0.25, 0.3) is 0 Å². The summed E-state index contributed by atoms with van der Waals surface area (Å²) in [5, 5.41) is -0.506. The summed E-state index contributed by atoms with van der Waals surface area (Å²) >= 11 is 12.0. The molecule has 0 saturated carbocycles. The Balaban J connectivity index is 1.44. The molecule has 0 unspecified atom stereocenters. The lowest BCUT2D eigenvalue weighted by Crippen LogP contribution is -2.31. The van der Waals surface area contributed by atoms with Gasteiger partial charge in [-0.05, 0) is 42.3 Å². The van der Waals surface area contributed by atoms with Crippen LogP contribution >= 0.6 is 23.2 Å². The van der Waals surface area contributed by atoms with Crippen LogP contribution in [0.5, 0.6) is 5.75 Å². The largest absolute Gasteiger partial charge is 0.423 e. The van der Waals surface area contributed by atoms with E-state index in [4.69, 9.17) is 32.5 Å². The first-order valence-electron chi connectivity index (χ1n) is 10.8. The molecular formula is C26H19Cl2NO6S. The molecule has 7 nitrogen and oxygen atoms in total. The third-order valence-corrected chi connectivity index (χ3v) is 6.82. The molecule has 36 heavy (non-hydrogen) atoms. The fraction of sp³-hybridized carbons (Fsp3) is 0.154. The van der Waals surface area contributed by atoms with Crippen LogP contribution < -0.4 is 9.64 Å². The van der Waals surface area contributed by atoms with Crippen molar-refractivity contribution in [2.24, 2.45) is 0 Å². The molecule has 1 aliphatic heterocycles. The van der Waals surface area contributed by atoms with Crippen LogP contribution in [-0.2, 0) is 26.3 Å². The number of hydrogen-bond acceptors (Lipinski definition) is 5. The molecule has 1 amide bonds. The summed E-state index contributed by atoms with van der Waals surface area (Å²) in [5.41, 5.74) is 3.20. The van der Waals surface area contributed by atoms with Crippen LogP contribution in [0.3, 0.4) is 0 Å². The number of halogens is 2. The Labute approximate surface area is 218 Å². The number of para-hydroxylation sites is 1. The number of nitrogens with zero attached hydrogens (tertiary/aromatic N) is 1. The number of rotatable bonds is 6. The average Bonchev–Trinajstić information content (AvgIpc) is 2.82. The van der Waals surface area contributed by atoms with Gasteiger partial charge in [-0.25, -0.2) is 0 Å². The maximum absolute atomic E-state index is 13.2. The summed E-state index contributed by atoms with van der Waals surface area (Å²) in [4.78, 5) is 26.7. The summed E-state index contributed by atoms with van der Waals surface area (Å²) in [6.07, 6.45) is 0.161. The minimum absolute atomic E-state index is 0.0716. The van der Waals surface area contributed by atoms with Gasteiger partial charge in [0, 0.05) is 24.0 Å². The predicted molar refractivity (Wildman–Crippen MR) is 136 cm³/mol. The number of carbonyl (C=O) groups excluding carboxylic acids is 2. The van der Waals surface area contributed by atoms with Crippen molar-refractivity contribution in [3.8, 4) is 17.6 Å². The summed E-state index contributed by atoms with van der Waals surface area (Å²) < 4.78 is 36.9. The first kappa shape index (κ1) is 25.7. The third kappa shape index (κ3) is 5.89. The first-order valence-corrected chi connectivity index (χ1v) is 13.0. The van der Waals surface area contributed by atoms with E-state index < -0.39 is 21.0 Å². The number of anilines is 1. The minimum Gasteiger partial charge on any atom is -0.423 e. The maximum atomic E-state index is 13.2. The molecule has 0 aromatic heterocycles. The molecule has 1 N–H and O–H groups in total. The van der Waals surface area contributed by atoms with E-state index in [0.717, 1.165) is 28.8 Å². The minimum atomic E-state index is -4.53. The fourth-order valence-corrected chi connectivity index (χ4v) is 4.90. The van der Waals surface area contributed by atoms with Gasteiger partial charge in [0.25, 0.3) is 10.1 Å². The summed E-state index contributed by atoms with van der Waals surface area (Å²) in [5.74, 6) is 5.20. The highest BCUT2D eigenvalue weighted by Gasteiger charge is 2.22. The molecule has 0 spiro atoms. The van der Waals surface area contributed by atoms with Crippen LogP contribution in [0.2, 0.25) is 10.0 Å². The summed E-state index contributed by atoms with van der Waals surface area (Å²) in [6.45, 7) is 0.344. The molecule has 184 valence electrons. The molecular weight excluding hydrogens is 525 g/mol. The van der Waals surface area contributed by atoms with Gasteiger partial charge in [-0.1, -0.05) is 65.4 Å². The SMILES string of the molecule is O=C(CCCC(=O)N1Cc2ccccc2C#Cc2ccccc21)Oc1c(Cl)cc(S(=O)(=O)O)cc1Cl. The van der Waals surface area contributed by atoms with Gasteiger partial charge in [-0.2, -0.15) is 8.42 Å². The normalized spacial score (nSPS) is 12.4. The quantitative estimate of drug-likeness (QED) is 0.197. The van der Waals surface area contributed by atoms with Crippen molar-refractivity contribution in [1.29, 1.82) is 0 Å². The topological polar surface area (TPSA) is 101 Å². The molecule has 0 atom stereocenters. The van der Waals surface area contributed by atoms with Gasteiger partial charge < -0.3 is 9.64 Å². The molecule has 4 rings (SSSR count). The molecule has 1 heterocycles. The number of fused-ring (bicyclic) bond motifs is 2. The van der Waals surface area contributed by atoms with Crippen LogP contribution in [0, 0.1) is 11.8 Å². The van der Waals surface area contributed by atoms with Crippen molar-refractivity contribution in [2.75, 3.05) is 4.90 Å². The molecule has 0 saturated heterocycles. The zero-order chi connectivity index (χ0) is 25.9. The van der Waals surface area contributed by atoms with Crippen molar-refractivity contribution in [3.05, 3.63) is 87.4 Å². The zero-order valence-electron chi connectivity index (χ0n) is 18.7. The first-order chi connectivity index (χ1) is 17.1. The average molecular weight is 544 g/mol. The van der Waals surface area contributed by atoms with Crippen molar-refractivity contribution in [2.45, 2.75) is 30.7 Å². The molecule has 3 aromatic rings. The Kier molecular flexibility index (Phi) is 7.67. The molecule has 0 bridgehead atoms. The Morgan fingerprint density at radius 1 is 0.944 bits per heavy atom. The van der Waals surface area contributed by atoms with Crippen LogP contribution in [0.15, 0.2) is 65.6 Å². The van der Waals surface area contributed by atoms with Crippen LogP contribution in [0.4, 0.5) is 5.69 Å². The molecule has 3 aromatic carbocycles. The Bertz CT molecular complexity index is 1500. The van der Waals surface area contributed by atoms with Gasteiger partial charge in [-0.3, -0.25) is 14.1 Å². The second-order valence-corrected chi connectivity index (χ2v) is 10.2. The van der Waals surface area contributed by atoms with E-state index in [1.807, 2.05) is 48.5 Å². The highest BCUT2D eigenvalue weighted by molar-refractivity contribution is 7.85. The van der Waals surface area contributed by atoms with E-state index in [9.17, 15) is 18.0 Å². The Hall–Kier alpha value is -3.35. The van der Waals surface area contributed by atoms with E-state index in [-0.39, 0.29) is 41.0 Å². The van der Waals surface area contributed by atoms with Crippen molar-refractivity contribution < 1.29 is 27.3 Å². The van der Waals surface area contributed by atoms with Gasteiger partial charge in [0.05, 0.1) is 27.2 Å². The fourth-order valence-electron chi connectivity index (χ4n) is 3.67.